The molecule has 0 saturated heterocycles. The van der Waals surface area contributed by atoms with Crippen LogP contribution in [0.25, 0.3) is 0 Å². The molecule has 6 heteroatoms. The van der Waals surface area contributed by atoms with E-state index in [1.807, 2.05) is 0 Å². The van der Waals surface area contributed by atoms with Crippen molar-refractivity contribution in [2.75, 3.05) is 0 Å². The molecule has 1 aromatic rings. The Morgan fingerprint density at radius 2 is 1.86 bits per heavy atom. The van der Waals surface area contributed by atoms with Crippen LogP contribution in [0.5, 0.6) is 0 Å². The van der Waals surface area contributed by atoms with E-state index in [2.05, 4.69) is 15.9 Å². The topological polar surface area (TPSA) is 80.4 Å². The smallest absolute Gasteiger partial charge is 0.338 e. The molecule has 0 aliphatic rings. The van der Waals surface area contributed by atoms with E-state index in [-0.39, 0.29) is 4.47 Å². The number of carboxylic acids is 1. The normalized spacial score (nSPS) is 9.86. The van der Waals surface area contributed by atoms with E-state index in [1.165, 1.54) is 0 Å². The lowest BCUT2D eigenvalue weighted by molar-refractivity contribution is 0.0691. The molecule has 1 aromatic carbocycles. The molecular weight excluding hydrogens is 257 g/mol. The van der Waals surface area contributed by atoms with E-state index in [0.717, 1.165) is 12.1 Å². The number of benzene rings is 1. The Morgan fingerprint density at radius 1 is 1.36 bits per heavy atom. The highest BCUT2D eigenvalue weighted by Gasteiger charge is 2.18. The molecule has 0 atom stereocenters. The first kappa shape index (κ1) is 10.6. The van der Waals surface area contributed by atoms with E-state index >= 15 is 0 Å². The summed E-state index contributed by atoms with van der Waals surface area (Å²) >= 11 is 2.95. The number of hydrogen-bond donors (Lipinski definition) is 2. The largest absolute Gasteiger partial charge is 0.478 e. The maximum Gasteiger partial charge on any atom is 0.338 e. The van der Waals surface area contributed by atoms with Crippen molar-refractivity contribution in [3.63, 3.8) is 0 Å². The zero-order chi connectivity index (χ0) is 10.9. The Kier molecular flexibility index (Phi) is 2.85. The molecule has 0 fully saturated rings. The minimum Gasteiger partial charge on any atom is -0.478 e. The molecule has 0 bridgehead atoms. The number of halogens is 2. The van der Waals surface area contributed by atoms with Crippen molar-refractivity contribution in [2.45, 2.75) is 0 Å². The SMILES string of the molecule is NC(=O)c1cc(Br)cc(C(=O)O)c1F. The summed E-state index contributed by atoms with van der Waals surface area (Å²) in [5.74, 6) is -3.58. The highest BCUT2D eigenvalue weighted by Crippen LogP contribution is 2.20. The highest BCUT2D eigenvalue weighted by atomic mass is 79.9. The molecule has 0 spiro atoms. The molecule has 1 rings (SSSR count). The van der Waals surface area contributed by atoms with Crippen molar-refractivity contribution in [2.24, 2.45) is 5.73 Å². The van der Waals surface area contributed by atoms with Crippen LogP contribution in [0.15, 0.2) is 16.6 Å². The van der Waals surface area contributed by atoms with Crippen molar-refractivity contribution in [1.29, 1.82) is 0 Å². The predicted molar refractivity (Wildman–Crippen MR) is 49.6 cm³/mol. The maximum absolute atomic E-state index is 13.3. The van der Waals surface area contributed by atoms with Crippen molar-refractivity contribution in [1.82, 2.24) is 0 Å². The molecule has 4 nitrogen and oxygen atoms in total. The standard InChI is InChI=1S/C8H5BrFNO3/c9-3-1-4(7(11)12)6(10)5(2-3)8(13)14/h1-2H,(H2,11,12)(H,13,14). The summed E-state index contributed by atoms with van der Waals surface area (Å²) in [4.78, 5) is 21.3. The van der Waals surface area contributed by atoms with E-state index in [9.17, 15) is 14.0 Å². The van der Waals surface area contributed by atoms with Gasteiger partial charge in [0.2, 0.25) is 0 Å². The van der Waals surface area contributed by atoms with Crippen LogP contribution in [0.2, 0.25) is 0 Å². The summed E-state index contributed by atoms with van der Waals surface area (Å²) in [5, 5.41) is 8.58. The van der Waals surface area contributed by atoms with Crippen LogP contribution in [-0.4, -0.2) is 17.0 Å². The zero-order valence-electron chi connectivity index (χ0n) is 6.75. The lowest BCUT2D eigenvalue weighted by atomic mass is 10.1. The number of primary amides is 1. The monoisotopic (exact) mass is 261 g/mol. The molecular formula is C8H5BrFNO3. The van der Waals surface area contributed by atoms with Crippen LogP contribution in [0.1, 0.15) is 20.7 Å². The Hall–Kier alpha value is -1.43. The first-order valence-electron chi connectivity index (χ1n) is 3.45. The molecule has 0 unspecified atom stereocenters. The summed E-state index contributed by atoms with van der Waals surface area (Å²) in [6.45, 7) is 0. The summed E-state index contributed by atoms with van der Waals surface area (Å²) in [5.41, 5.74) is 3.82. The Morgan fingerprint density at radius 3 is 2.29 bits per heavy atom. The Labute approximate surface area is 86.7 Å². The Bertz CT molecular complexity index is 384. The molecule has 0 heterocycles. The molecule has 3 N–H and O–H groups in total. The second-order valence-electron chi connectivity index (χ2n) is 2.48. The lowest BCUT2D eigenvalue weighted by Crippen LogP contribution is -2.15. The van der Waals surface area contributed by atoms with Gasteiger partial charge in [-0.3, -0.25) is 4.79 Å². The zero-order valence-corrected chi connectivity index (χ0v) is 8.34. The minimum absolute atomic E-state index is 0.282. The second kappa shape index (κ2) is 3.75. The molecule has 1 amide bonds. The van der Waals surface area contributed by atoms with Crippen LogP contribution in [0.3, 0.4) is 0 Å². The van der Waals surface area contributed by atoms with Crippen LogP contribution in [0, 0.1) is 5.82 Å². The third-order valence-electron chi connectivity index (χ3n) is 1.53. The van der Waals surface area contributed by atoms with Gasteiger partial charge in [-0.15, -0.1) is 0 Å². The number of carbonyl (C=O) groups excluding carboxylic acids is 1. The molecule has 0 aliphatic carbocycles. The van der Waals surface area contributed by atoms with E-state index in [0.29, 0.717) is 0 Å². The fourth-order valence-electron chi connectivity index (χ4n) is 0.924. The third-order valence-corrected chi connectivity index (χ3v) is 1.99. The first-order valence-corrected chi connectivity index (χ1v) is 4.25. The van der Waals surface area contributed by atoms with E-state index in [1.54, 1.807) is 0 Å². The van der Waals surface area contributed by atoms with Gasteiger partial charge >= 0.3 is 5.97 Å². The predicted octanol–water partition coefficient (Wildman–Crippen LogP) is 1.39. The summed E-state index contributed by atoms with van der Waals surface area (Å²) in [6.07, 6.45) is 0. The minimum atomic E-state index is -1.45. The van der Waals surface area contributed by atoms with Gasteiger partial charge < -0.3 is 10.8 Å². The number of nitrogens with two attached hydrogens (primary N) is 1. The van der Waals surface area contributed by atoms with Gasteiger partial charge in [-0.25, -0.2) is 9.18 Å². The first-order chi connectivity index (χ1) is 6.43. The van der Waals surface area contributed by atoms with Crippen molar-refractivity contribution < 1.29 is 19.1 Å². The van der Waals surface area contributed by atoms with Crippen molar-refractivity contribution in [3.05, 3.63) is 33.5 Å². The van der Waals surface area contributed by atoms with Gasteiger partial charge in [0.05, 0.1) is 11.1 Å². The van der Waals surface area contributed by atoms with Crippen LogP contribution in [0.4, 0.5) is 4.39 Å². The van der Waals surface area contributed by atoms with Gasteiger partial charge in [-0.1, -0.05) is 15.9 Å². The number of aromatic carboxylic acids is 1. The van der Waals surface area contributed by atoms with Gasteiger partial charge in [0, 0.05) is 4.47 Å². The number of carbonyl (C=O) groups is 2. The second-order valence-corrected chi connectivity index (χ2v) is 3.40. The number of hydrogen-bond acceptors (Lipinski definition) is 2. The molecule has 0 radical (unpaired) electrons. The average Bonchev–Trinajstić information content (AvgIpc) is 2.07. The van der Waals surface area contributed by atoms with Crippen LogP contribution in [-0.2, 0) is 0 Å². The van der Waals surface area contributed by atoms with E-state index < -0.39 is 28.8 Å². The van der Waals surface area contributed by atoms with Gasteiger partial charge in [0.15, 0.2) is 5.82 Å². The average molecular weight is 262 g/mol. The van der Waals surface area contributed by atoms with Gasteiger partial charge in [-0.05, 0) is 12.1 Å². The van der Waals surface area contributed by atoms with Gasteiger partial charge in [-0.2, -0.15) is 0 Å². The third kappa shape index (κ3) is 1.90. The maximum atomic E-state index is 13.3. The number of carboxylic acid groups (broad SMARTS) is 1. The van der Waals surface area contributed by atoms with Crippen LogP contribution >= 0.6 is 15.9 Å². The number of amides is 1. The van der Waals surface area contributed by atoms with Crippen LogP contribution < -0.4 is 5.73 Å². The van der Waals surface area contributed by atoms with E-state index in [4.69, 9.17) is 10.8 Å². The molecule has 0 aliphatic heterocycles. The quantitative estimate of drug-likeness (QED) is 0.844. The molecule has 0 aromatic heterocycles. The fourth-order valence-corrected chi connectivity index (χ4v) is 1.38. The highest BCUT2D eigenvalue weighted by molar-refractivity contribution is 9.10. The van der Waals surface area contributed by atoms with Crippen molar-refractivity contribution in [3.8, 4) is 0 Å². The van der Waals surface area contributed by atoms with Gasteiger partial charge in [0.1, 0.15) is 0 Å². The van der Waals surface area contributed by atoms with Crippen molar-refractivity contribution >= 4 is 27.8 Å². The molecule has 74 valence electrons. The summed E-state index contributed by atoms with van der Waals surface area (Å²) in [7, 11) is 0. The Balaban J connectivity index is 3.47. The van der Waals surface area contributed by atoms with Gasteiger partial charge in [0.25, 0.3) is 5.91 Å². The summed E-state index contributed by atoms with van der Waals surface area (Å²) in [6, 6.07) is 2.19. The number of rotatable bonds is 2. The molecule has 0 saturated carbocycles. The molecule has 14 heavy (non-hydrogen) atoms. The fraction of sp³-hybridized carbons (Fsp3) is 0. The lowest BCUT2D eigenvalue weighted by Gasteiger charge is -2.03. The summed E-state index contributed by atoms with van der Waals surface area (Å²) < 4.78 is 13.5.